The molecular weight excluding hydrogens is 414 g/mol. The van der Waals surface area contributed by atoms with Gasteiger partial charge in [0.15, 0.2) is 11.5 Å². The predicted octanol–water partition coefficient (Wildman–Crippen LogP) is 1.22. The Morgan fingerprint density at radius 3 is 2.84 bits per heavy atom. The molecule has 2 aromatic heterocycles. The highest BCUT2D eigenvalue weighted by atomic mass is 16.5. The van der Waals surface area contributed by atoms with Crippen LogP contribution in [0.5, 0.6) is 0 Å². The van der Waals surface area contributed by atoms with E-state index in [-0.39, 0.29) is 25.0 Å². The van der Waals surface area contributed by atoms with E-state index in [4.69, 9.17) is 4.74 Å². The number of ether oxygens (including phenoxy) is 1. The third kappa shape index (κ3) is 4.33. The number of anilines is 2. The number of aliphatic hydroxyl groups excluding tert-OH is 2. The highest BCUT2D eigenvalue weighted by Crippen LogP contribution is 2.32. The van der Waals surface area contributed by atoms with Crippen LogP contribution in [0.2, 0.25) is 0 Å². The number of nitrogens with zero attached hydrogens (tertiary/aromatic N) is 5. The van der Waals surface area contributed by atoms with E-state index in [0.29, 0.717) is 48.8 Å². The zero-order valence-electron chi connectivity index (χ0n) is 17.7. The smallest absolute Gasteiger partial charge is 0.354 e. The van der Waals surface area contributed by atoms with E-state index in [1.54, 1.807) is 11.9 Å². The van der Waals surface area contributed by atoms with Gasteiger partial charge in [0.1, 0.15) is 23.5 Å². The average Bonchev–Trinajstić information content (AvgIpc) is 2.83. The first-order chi connectivity index (χ1) is 15.5. The van der Waals surface area contributed by atoms with Crippen LogP contribution in [0, 0.1) is 0 Å². The number of aromatic nitrogens is 3. The Bertz CT molecular complexity index is 1130. The first-order valence-electron chi connectivity index (χ1n) is 10.3. The van der Waals surface area contributed by atoms with E-state index in [1.807, 2.05) is 29.2 Å². The van der Waals surface area contributed by atoms with Gasteiger partial charge in [0.25, 0.3) is 0 Å². The molecule has 32 heavy (non-hydrogen) atoms. The van der Waals surface area contributed by atoms with Crippen LogP contribution in [0.3, 0.4) is 0 Å². The molecule has 1 aromatic carbocycles. The normalized spacial score (nSPS) is 16.3. The number of likely N-dealkylation sites (N-methyl/N-ethyl adjacent to an activating group) is 1. The molecule has 10 nitrogen and oxygen atoms in total. The number of carboxylic acid groups (broad SMARTS) is 1. The topological polar surface area (TPSA) is 132 Å². The summed E-state index contributed by atoms with van der Waals surface area (Å²) in [5, 5.41) is 28.4. The molecule has 1 saturated heterocycles. The van der Waals surface area contributed by atoms with E-state index in [2.05, 4.69) is 15.0 Å². The number of aliphatic hydroxyl groups is 2. The number of morpholine rings is 1. The van der Waals surface area contributed by atoms with Crippen molar-refractivity contribution in [2.75, 3.05) is 49.7 Å². The largest absolute Gasteiger partial charge is 0.477 e. The van der Waals surface area contributed by atoms with Crippen LogP contribution >= 0.6 is 0 Å². The maximum Gasteiger partial charge on any atom is 0.354 e. The molecule has 4 rings (SSSR count). The summed E-state index contributed by atoms with van der Waals surface area (Å²) in [6.07, 6.45) is 1.20. The summed E-state index contributed by atoms with van der Waals surface area (Å²) < 4.78 is 5.97. The van der Waals surface area contributed by atoms with E-state index in [1.165, 1.54) is 12.4 Å². The molecule has 3 aromatic rings. The molecule has 1 aliphatic heterocycles. The summed E-state index contributed by atoms with van der Waals surface area (Å²) in [5.41, 5.74) is 3.10. The second-order valence-corrected chi connectivity index (χ2v) is 7.58. The second kappa shape index (κ2) is 9.43. The zero-order chi connectivity index (χ0) is 22.7. The monoisotopic (exact) mass is 439 g/mol. The van der Waals surface area contributed by atoms with Gasteiger partial charge < -0.3 is 29.9 Å². The van der Waals surface area contributed by atoms with Gasteiger partial charge in [-0.25, -0.2) is 19.7 Å². The van der Waals surface area contributed by atoms with Crippen molar-refractivity contribution in [1.82, 2.24) is 15.0 Å². The first kappa shape index (κ1) is 21.9. The average molecular weight is 439 g/mol. The quantitative estimate of drug-likeness (QED) is 0.494. The summed E-state index contributed by atoms with van der Waals surface area (Å²) in [4.78, 5) is 28.6. The van der Waals surface area contributed by atoms with Crippen LogP contribution in [0.1, 0.15) is 27.7 Å². The number of hydrogen-bond acceptors (Lipinski definition) is 9. The van der Waals surface area contributed by atoms with Crippen LogP contribution in [-0.2, 0) is 11.3 Å². The molecule has 3 N–H and O–H groups in total. The van der Waals surface area contributed by atoms with Crippen LogP contribution in [-0.4, -0.2) is 76.1 Å². The second-order valence-electron chi connectivity index (χ2n) is 7.58. The lowest BCUT2D eigenvalue weighted by Gasteiger charge is -2.34. The number of benzene rings is 1. The fourth-order valence-corrected chi connectivity index (χ4v) is 3.85. The van der Waals surface area contributed by atoms with Gasteiger partial charge >= 0.3 is 5.97 Å². The van der Waals surface area contributed by atoms with E-state index < -0.39 is 5.97 Å². The van der Waals surface area contributed by atoms with Gasteiger partial charge in [-0.3, -0.25) is 0 Å². The molecule has 1 fully saturated rings. The molecule has 3 heterocycles. The molecule has 0 aliphatic carbocycles. The standard InChI is InChI=1S/C22H25N5O5/c1-26(5-7-28)17-10-16(22(30)31)25-20-19(17)23-13-24-21(20)27-6-8-32-18(11-27)15-4-2-3-14(9-15)12-29/h2-4,9-10,13,18,28-29H,5-8,11-12H2,1H3,(H,30,31). The molecule has 0 radical (unpaired) electrons. The fourth-order valence-electron chi connectivity index (χ4n) is 3.85. The van der Waals surface area contributed by atoms with Crippen molar-refractivity contribution < 1.29 is 24.9 Å². The SMILES string of the molecule is CN(CCO)c1cc(C(=O)O)nc2c(N3CCOC(c4cccc(CO)c4)C3)ncnc12. The third-order valence-electron chi connectivity index (χ3n) is 5.49. The van der Waals surface area contributed by atoms with Gasteiger partial charge in [-0.2, -0.15) is 0 Å². The zero-order valence-corrected chi connectivity index (χ0v) is 17.7. The first-order valence-corrected chi connectivity index (χ1v) is 10.3. The van der Waals surface area contributed by atoms with Crippen molar-refractivity contribution in [2.24, 2.45) is 0 Å². The molecule has 0 saturated carbocycles. The lowest BCUT2D eigenvalue weighted by molar-refractivity contribution is 0.0395. The van der Waals surface area contributed by atoms with E-state index >= 15 is 0 Å². The highest BCUT2D eigenvalue weighted by molar-refractivity contribution is 5.99. The summed E-state index contributed by atoms with van der Waals surface area (Å²) in [6, 6.07) is 9.06. The lowest BCUT2D eigenvalue weighted by atomic mass is 10.0. The third-order valence-corrected chi connectivity index (χ3v) is 5.49. The number of hydrogen-bond donors (Lipinski definition) is 3. The molecule has 1 atom stereocenters. The minimum Gasteiger partial charge on any atom is -0.477 e. The minimum absolute atomic E-state index is 0.0488. The van der Waals surface area contributed by atoms with E-state index in [9.17, 15) is 20.1 Å². The summed E-state index contributed by atoms with van der Waals surface area (Å²) in [7, 11) is 1.76. The van der Waals surface area contributed by atoms with Crippen molar-refractivity contribution in [3.63, 3.8) is 0 Å². The molecule has 10 heteroatoms. The van der Waals surface area contributed by atoms with Crippen LogP contribution in [0.4, 0.5) is 11.5 Å². The van der Waals surface area contributed by atoms with Gasteiger partial charge in [0.05, 0.1) is 25.5 Å². The van der Waals surface area contributed by atoms with Gasteiger partial charge in [0.2, 0.25) is 0 Å². The van der Waals surface area contributed by atoms with Crippen molar-refractivity contribution in [1.29, 1.82) is 0 Å². The molecule has 0 spiro atoms. The lowest BCUT2D eigenvalue weighted by Crippen LogP contribution is -2.39. The molecule has 1 unspecified atom stereocenters. The van der Waals surface area contributed by atoms with E-state index in [0.717, 1.165) is 11.1 Å². The molecule has 0 bridgehead atoms. The Balaban J connectivity index is 1.75. The Kier molecular flexibility index (Phi) is 6.45. The maximum absolute atomic E-state index is 11.7. The Morgan fingerprint density at radius 2 is 2.09 bits per heavy atom. The van der Waals surface area contributed by atoms with Crippen molar-refractivity contribution in [2.45, 2.75) is 12.7 Å². The number of fused-ring (bicyclic) bond motifs is 1. The van der Waals surface area contributed by atoms with Crippen LogP contribution in [0.15, 0.2) is 36.7 Å². The fraction of sp³-hybridized carbons (Fsp3) is 0.364. The van der Waals surface area contributed by atoms with Crippen molar-refractivity contribution in [3.8, 4) is 0 Å². The molecule has 168 valence electrons. The highest BCUT2D eigenvalue weighted by Gasteiger charge is 2.26. The number of pyridine rings is 1. The summed E-state index contributed by atoms with van der Waals surface area (Å²) >= 11 is 0. The summed E-state index contributed by atoms with van der Waals surface area (Å²) in [5.74, 6) is -0.621. The Hall–Kier alpha value is -3.34. The number of carboxylic acids is 1. The number of carbonyl (C=O) groups is 1. The number of aromatic carboxylic acids is 1. The van der Waals surface area contributed by atoms with Crippen molar-refractivity contribution in [3.05, 3.63) is 53.5 Å². The van der Waals surface area contributed by atoms with Gasteiger partial charge in [-0.1, -0.05) is 24.3 Å². The number of rotatable bonds is 7. The molecule has 0 amide bonds. The van der Waals surface area contributed by atoms with Crippen LogP contribution in [0.25, 0.3) is 11.0 Å². The van der Waals surface area contributed by atoms with Gasteiger partial charge in [-0.15, -0.1) is 0 Å². The Morgan fingerprint density at radius 1 is 1.25 bits per heavy atom. The Labute approximate surface area is 184 Å². The maximum atomic E-state index is 11.7. The van der Waals surface area contributed by atoms with Gasteiger partial charge in [-0.05, 0) is 17.2 Å². The molecule has 1 aliphatic rings. The predicted molar refractivity (Wildman–Crippen MR) is 118 cm³/mol. The van der Waals surface area contributed by atoms with Gasteiger partial charge in [0, 0.05) is 26.7 Å². The van der Waals surface area contributed by atoms with Crippen molar-refractivity contribution >= 4 is 28.5 Å². The summed E-state index contributed by atoms with van der Waals surface area (Å²) in [6.45, 7) is 1.68. The molecular formula is C22H25N5O5. The van der Waals surface area contributed by atoms with Crippen LogP contribution < -0.4 is 9.80 Å². The minimum atomic E-state index is -1.15.